The summed E-state index contributed by atoms with van der Waals surface area (Å²) in [5, 5.41) is 12.1. The van der Waals surface area contributed by atoms with Gasteiger partial charge in [-0.2, -0.15) is 5.10 Å². The second kappa shape index (κ2) is 10.3. The number of hydrogen-bond donors (Lipinski definition) is 2. The third-order valence-electron chi connectivity index (χ3n) is 8.12. The largest absolute Gasteiger partial charge is 0.352 e. The van der Waals surface area contributed by atoms with E-state index in [1.54, 1.807) is 6.92 Å². The summed E-state index contributed by atoms with van der Waals surface area (Å²) in [6.45, 7) is 10.0. The third-order valence-corrected chi connectivity index (χ3v) is 8.12. The van der Waals surface area contributed by atoms with Crippen LogP contribution in [0.4, 0.5) is 0 Å². The molecule has 1 aromatic carbocycles. The molecule has 2 aromatic rings. The number of fused-ring (bicyclic) bond motifs is 3. The Morgan fingerprint density at radius 3 is 2.49 bits per heavy atom. The van der Waals surface area contributed by atoms with Crippen LogP contribution in [0.2, 0.25) is 0 Å². The monoisotopic (exact) mass is 480 g/mol. The molecule has 1 unspecified atom stereocenters. The lowest BCUT2D eigenvalue weighted by atomic mass is 9.97. The van der Waals surface area contributed by atoms with Gasteiger partial charge >= 0.3 is 0 Å². The fourth-order valence-electron chi connectivity index (χ4n) is 6.58. The number of amides is 2. The Labute approximate surface area is 208 Å². The molecule has 0 radical (unpaired) electrons. The number of nitrogens with zero attached hydrogens (tertiary/aromatic N) is 4. The highest BCUT2D eigenvalue weighted by atomic mass is 16.2. The molecular formula is C27H40N6O2. The molecule has 1 aromatic heterocycles. The van der Waals surface area contributed by atoms with E-state index in [4.69, 9.17) is 5.10 Å². The first-order valence-electron chi connectivity index (χ1n) is 13.4. The minimum absolute atomic E-state index is 0.0456. The molecule has 2 bridgehead atoms. The van der Waals surface area contributed by atoms with Crippen molar-refractivity contribution in [3.63, 3.8) is 0 Å². The Bertz CT molecular complexity index is 1050. The second-order valence-corrected chi connectivity index (χ2v) is 11.0. The molecule has 3 saturated heterocycles. The summed E-state index contributed by atoms with van der Waals surface area (Å²) in [4.78, 5) is 29.9. The van der Waals surface area contributed by atoms with E-state index in [1.165, 1.54) is 12.8 Å². The third kappa shape index (κ3) is 5.23. The van der Waals surface area contributed by atoms with Gasteiger partial charge in [0.05, 0.1) is 5.52 Å². The summed E-state index contributed by atoms with van der Waals surface area (Å²) in [6, 6.07) is 9.80. The lowest BCUT2D eigenvalue weighted by molar-refractivity contribution is -0.120. The molecule has 8 nitrogen and oxygen atoms in total. The Hall–Kier alpha value is -2.45. The van der Waals surface area contributed by atoms with Crippen LogP contribution in [0.5, 0.6) is 0 Å². The fraction of sp³-hybridized carbons (Fsp3) is 0.667. The molecule has 35 heavy (non-hydrogen) atoms. The zero-order chi connectivity index (χ0) is 24.5. The standard InChI is InChI=1S/C27H40N6O2/c1-18(2)33-25-9-5-4-8-24(25)26(30-33)27(35)29-21-15-22-10-11-23(16-21)32(22)14-13-31-12-6-7-20(17-31)28-19(3)34/h4-5,8-9,18,20-23H,6-7,10-17H2,1-3H3,(H,28,34)(H,29,35)/t20?,21-,22-,23+. The Kier molecular flexibility index (Phi) is 7.12. The van der Waals surface area contributed by atoms with Gasteiger partial charge in [-0.05, 0) is 65.0 Å². The number of likely N-dealkylation sites (tertiary alicyclic amines) is 1. The average molecular weight is 481 g/mol. The van der Waals surface area contributed by atoms with Crippen molar-refractivity contribution in [2.75, 3.05) is 26.2 Å². The van der Waals surface area contributed by atoms with Crippen molar-refractivity contribution in [2.24, 2.45) is 0 Å². The average Bonchev–Trinajstić information content (AvgIpc) is 3.32. The van der Waals surface area contributed by atoms with Crippen molar-refractivity contribution in [1.82, 2.24) is 30.2 Å². The maximum Gasteiger partial charge on any atom is 0.272 e. The van der Waals surface area contributed by atoms with E-state index in [1.807, 2.05) is 28.9 Å². The molecular weight excluding hydrogens is 440 g/mol. The summed E-state index contributed by atoms with van der Waals surface area (Å²) < 4.78 is 1.95. The van der Waals surface area contributed by atoms with Crippen LogP contribution in [0.25, 0.3) is 10.9 Å². The number of benzene rings is 1. The van der Waals surface area contributed by atoms with E-state index in [-0.39, 0.29) is 29.9 Å². The Morgan fingerprint density at radius 2 is 1.77 bits per heavy atom. The van der Waals surface area contributed by atoms with E-state index in [0.717, 1.165) is 62.8 Å². The zero-order valence-corrected chi connectivity index (χ0v) is 21.4. The van der Waals surface area contributed by atoms with Crippen LogP contribution in [0, 0.1) is 0 Å². The summed E-state index contributed by atoms with van der Waals surface area (Å²) in [6.07, 6.45) is 6.69. The first-order valence-corrected chi connectivity index (χ1v) is 13.4. The number of rotatable bonds is 7. The highest BCUT2D eigenvalue weighted by molar-refractivity contribution is 6.05. The van der Waals surface area contributed by atoms with Crippen molar-refractivity contribution in [3.05, 3.63) is 30.0 Å². The molecule has 3 aliphatic heterocycles. The van der Waals surface area contributed by atoms with Crippen LogP contribution < -0.4 is 10.6 Å². The molecule has 2 amide bonds. The van der Waals surface area contributed by atoms with Crippen molar-refractivity contribution in [3.8, 4) is 0 Å². The van der Waals surface area contributed by atoms with Gasteiger partial charge < -0.3 is 15.5 Å². The van der Waals surface area contributed by atoms with Crippen LogP contribution in [-0.2, 0) is 4.79 Å². The Morgan fingerprint density at radius 1 is 1.03 bits per heavy atom. The molecule has 190 valence electrons. The quantitative estimate of drug-likeness (QED) is 0.637. The molecule has 0 saturated carbocycles. The lowest BCUT2D eigenvalue weighted by Crippen LogP contribution is -2.53. The van der Waals surface area contributed by atoms with Gasteiger partial charge in [-0.1, -0.05) is 18.2 Å². The van der Waals surface area contributed by atoms with Gasteiger partial charge in [0.15, 0.2) is 5.69 Å². The number of piperidine rings is 2. The lowest BCUT2D eigenvalue weighted by Gasteiger charge is -2.41. The van der Waals surface area contributed by atoms with Gasteiger partial charge in [0.25, 0.3) is 5.91 Å². The first kappa shape index (κ1) is 24.3. The summed E-state index contributed by atoms with van der Waals surface area (Å²) in [7, 11) is 0. The molecule has 2 N–H and O–H groups in total. The summed E-state index contributed by atoms with van der Waals surface area (Å²) in [5.74, 6) is 0.0266. The van der Waals surface area contributed by atoms with E-state index >= 15 is 0 Å². The van der Waals surface area contributed by atoms with Crippen LogP contribution >= 0.6 is 0 Å². The topological polar surface area (TPSA) is 82.5 Å². The van der Waals surface area contributed by atoms with Crippen molar-refractivity contribution in [2.45, 2.75) is 89.5 Å². The van der Waals surface area contributed by atoms with E-state index in [9.17, 15) is 9.59 Å². The summed E-state index contributed by atoms with van der Waals surface area (Å²) >= 11 is 0. The van der Waals surface area contributed by atoms with Crippen LogP contribution in [0.15, 0.2) is 24.3 Å². The smallest absolute Gasteiger partial charge is 0.272 e. The van der Waals surface area contributed by atoms with Gasteiger partial charge in [-0.25, -0.2) is 0 Å². The minimum atomic E-state index is -0.0456. The molecule has 3 aliphatic rings. The normalized spacial score (nSPS) is 27.4. The SMILES string of the molecule is CC(=O)NC1CCCN(CCN2[C@@H]3CC[C@H]2C[C@H](NC(=O)c2nn(C(C)C)c4ccccc24)C3)C1. The maximum atomic E-state index is 13.3. The molecule has 8 heteroatoms. The van der Waals surface area contributed by atoms with Crippen molar-refractivity contribution >= 4 is 22.7 Å². The number of carbonyl (C=O) groups is 2. The molecule has 3 fully saturated rings. The van der Waals surface area contributed by atoms with Crippen molar-refractivity contribution in [1.29, 1.82) is 0 Å². The molecule has 0 spiro atoms. The molecule has 4 atom stereocenters. The molecule has 0 aliphatic carbocycles. The predicted molar refractivity (Wildman–Crippen MR) is 137 cm³/mol. The number of hydrogen-bond acceptors (Lipinski definition) is 5. The molecule has 4 heterocycles. The maximum absolute atomic E-state index is 13.3. The van der Waals surface area contributed by atoms with E-state index in [2.05, 4.69) is 34.3 Å². The minimum Gasteiger partial charge on any atom is -0.352 e. The van der Waals surface area contributed by atoms with Gasteiger partial charge in [0.1, 0.15) is 0 Å². The number of nitrogens with one attached hydrogen (secondary N) is 2. The van der Waals surface area contributed by atoms with Crippen molar-refractivity contribution < 1.29 is 9.59 Å². The van der Waals surface area contributed by atoms with E-state index in [0.29, 0.717) is 17.8 Å². The highest BCUT2D eigenvalue weighted by Gasteiger charge is 2.41. The van der Waals surface area contributed by atoms with Crippen LogP contribution in [0.3, 0.4) is 0 Å². The fourth-order valence-corrected chi connectivity index (χ4v) is 6.58. The van der Waals surface area contributed by atoms with Crippen LogP contribution in [-0.4, -0.2) is 81.7 Å². The second-order valence-electron chi connectivity index (χ2n) is 11.0. The van der Waals surface area contributed by atoms with Gasteiger partial charge in [-0.15, -0.1) is 0 Å². The summed E-state index contributed by atoms with van der Waals surface area (Å²) in [5.41, 5.74) is 1.56. The highest BCUT2D eigenvalue weighted by Crippen LogP contribution is 2.36. The predicted octanol–water partition coefficient (Wildman–Crippen LogP) is 2.94. The van der Waals surface area contributed by atoms with Gasteiger partial charge in [0, 0.05) is 62.2 Å². The van der Waals surface area contributed by atoms with E-state index < -0.39 is 0 Å². The number of carbonyl (C=O) groups excluding carboxylic acids is 2. The Balaban J connectivity index is 1.17. The number of aromatic nitrogens is 2. The molecule has 5 rings (SSSR count). The van der Waals surface area contributed by atoms with Gasteiger partial charge in [0.2, 0.25) is 5.91 Å². The number of para-hydroxylation sites is 1. The van der Waals surface area contributed by atoms with Gasteiger partial charge in [-0.3, -0.25) is 19.2 Å². The zero-order valence-electron chi connectivity index (χ0n) is 21.4. The van der Waals surface area contributed by atoms with Crippen LogP contribution in [0.1, 0.15) is 75.8 Å². The first-order chi connectivity index (χ1) is 16.9.